The largest absolute Gasteiger partial charge is 0.357 e. The lowest BCUT2D eigenvalue weighted by atomic mass is 9.99. The molecule has 0 spiro atoms. The molecule has 2 aliphatic rings. The predicted molar refractivity (Wildman–Crippen MR) is 130 cm³/mol. The first-order chi connectivity index (χ1) is 13.1. The fourth-order valence-corrected chi connectivity index (χ4v) is 4.16. The molecule has 1 unspecified atom stereocenters. The Bertz CT molecular complexity index is 601. The summed E-state index contributed by atoms with van der Waals surface area (Å²) in [5.74, 6) is 1.79. The molecule has 28 heavy (non-hydrogen) atoms. The molecule has 2 aliphatic heterocycles. The van der Waals surface area contributed by atoms with Crippen molar-refractivity contribution in [3.05, 3.63) is 34.9 Å². The molecule has 2 fully saturated rings. The second kappa shape index (κ2) is 12.2. The van der Waals surface area contributed by atoms with E-state index >= 15 is 0 Å². The molecule has 7 heteroatoms. The lowest BCUT2D eigenvalue weighted by Gasteiger charge is -2.37. The maximum Gasteiger partial charge on any atom is 0.194 e. The highest BCUT2D eigenvalue weighted by molar-refractivity contribution is 14.0. The van der Waals surface area contributed by atoms with Crippen molar-refractivity contribution in [2.24, 2.45) is 10.9 Å². The number of piperidine rings is 1. The van der Waals surface area contributed by atoms with Gasteiger partial charge in [0.1, 0.15) is 0 Å². The van der Waals surface area contributed by atoms with Crippen LogP contribution in [-0.2, 0) is 6.54 Å². The van der Waals surface area contributed by atoms with E-state index in [0.29, 0.717) is 5.92 Å². The number of benzene rings is 1. The first-order valence-corrected chi connectivity index (χ1v) is 10.7. The number of nitrogens with one attached hydrogen (secondary N) is 1. The molecule has 2 saturated heterocycles. The number of hydrogen-bond donors (Lipinski definition) is 1. The first-order valence-electron chi connectivity index (χ1n) is 10.3. The minimum absolute atomic E-state index is 0. The average Bonchev–Trinajstić information content (AvgIpc) is 2.68. The monoisotopic (exact) mass is 519 g/mol. The molecule has 2 heterocycles. The highest BCUT2D eigenvalue weighted by Gasteiger charge is 2.21. The van der Waals surface area contributed by atoms with Crippen molar-refractivity contribution < 1.29 is 0 Å². The lowest BCUT2D eigenvalue weighted by Crippen LogP contribution is -2.52. The molecule has 1 aromatic carbocycles. The van der Waals surface area contributed by atoms with Gasteiger partial charge < -0.3 is 15.1 Å². The molecule has 158 valence electrons. The Kier molecular flexibility index (Phi) is 10.3. The van der Waals surface area contributed by atoms with E-state index in [9.17, 15) is 0 Å². The molecule has 0 aromatic heterocycles. The molecule has 1 atom stereocenters. The molecule has 0 saturated carbocycles. The minimum atomic E-state index is 0. The van der Waals surface area contributed by atoms with E-state index in [1.807, 2.05) is 12.1 Å². The van der Waals surface area contributed by atoms with Gasteiger partial charge in [0.25, 0.3) is 0 Å². The standard InChI is InChI=1S/C21H34ClN5.HI/c1-3-23-21(24-15-19-5-4-10-25(2)16-19)27-13-11-26(12-14-27)17-18-6-8-20(22)9-7-18;/h6-9,19H,3-5,10-17H2,1-2H3,(H,23,24);1H. The maximum atomic E-state index is 5.99. The highest BCUT2D eigenvalue weighted by Crippen LogP contribution is 2.16. The summed E-state index contributed by atoms with van der Waals surface area (Å²) < 4.78 is 0. The van der Waals surface area contributed by atoms with Crippen LogP contribution in [0.4, 0.5) is 0 Å². The quantitative estimate of drug-likeness (QED) is 0.367. The van der Waals surface area contributed by atoms with E-state index in [2.05, 4.69) is 46.1 Å². The number of halogens is 2. The van der Waals surface area contributed by atoms with E-state index in [1.165, 1.54) is 31.5 Å². The summed E-state index contributed by atoms with van der Waals surface area (Å²) in [6.07, 6.45) is 2.61. The van der Waals surface area contributed by atoms with Gasteiger partial charge in [-0.3, -0.25) is 9.89 Å². The number of rotatable bonds is 5. The van der Waals surface area contributed by atoms with E-state index in [-0.39, 0.29) is 24.0 Å². The van der Waals surface area contributed by atoms with Crippen LogP contribution in [0.1, 0.15) is 25.3 Å². The van der Waals surface area contributed by atoms with Gasteiger partial charge in [-0.05, 0) is 57.0 Å². The van der Waals surface area contributed by atoms with Crippen LogP contribution >= 0.6 is 35.6 Å². The summed E-state index contributed by atoms with van der Waals surface area (Å²) in [5.41, 5.74) is 1.33. The molecule has 3 rings (SSSR count). The van der Waals surface area contributed by atoms with E-state index in [0.717, 1.165) is 56.8 Å². The number of hydrogen-bond acceptors (Lipinski definition) is 3. The van der Waals surface area contributed by atoms with Crippen molar-refractivity contribution in [2.45, 2.75) is 26.3 Å². The molecule has 0 bridgehead atoms. The van der Waals surface area contributed by atoms with Crippen molar-refractivity contribution in [3.8, 4) is 0 Å². The fourth-order valence-electron chi connectivity index (χ4n) is 4.03. The summed E-state index contributed by atoms with van der Waals surface area (Å²) in [6, 6.07) is 8.21. The zero-order valence-electron chi connectivity index (χ0n) is 17.2. The Labute approximate surface area is 192 Å². The van der Waals surface area contributed by atoms with Gasteiger partial charge in [0, 0.05) is 57.4 Å². The zero-order chi connectivity index (χ0) is 19.1. The van der Waals surface area contributed by atoms with Gasteiger partial charge in [-0.1, -0.05) is 23.7 Å². The minimum Gasteiger partial charge on any atom is -0.357 e. The van der Waals surface area contributed by atoms with Gasteiger partial charge in [-0.15, -0.1) is 24.0 Å². The van der Waals surface area contributed by atoms with Crippen LogP contribution in [-0.4, -0.2) is 80.1 Å². The first kappa shape index (κ1) is 23.7. The van der Waals surface area contributed by atoms with Crippen LogP contribution in [0.25, 0.3) is 0 Å². The Hall–Kier alpha value is -0.570. The van der Waals surface area contributed by atoms with Crippen LogP contribution in [0.3, 0.4) is 0 Å². The maximum absolute atomic E-state index is 5.99. The second-order valence-corrected chi connectivity index (χ2v) is 8.29. The van der Waals surface area contributed by atoms with Gasteiger partial charge >= 0.3 is 0 Å². The predicted octanol–water partition coefficient (Wildman–Crippen LogP) is 3.38. The number of nitrogens with zero attached hydrogens (tertiary/aromatic N) is 4. The van der Waals surface area contributed by atoms with Gasteiger partial charge in [-0.2, -0.15) is 0 Å². The third-order valence-electron chi connectivity index (χ3n) is 5.55. The van der Waals surface area contributed by atoms with Crippen LogP contribution in [0.5, 0.6) is 0 Å². The second-order valence-electron chi connectivity index (χ2n) is 7.85. The Morgan fingerprint density at radius 2 is 1.86 bits per heavy atom. The van der Waals surface area contributed by atoms with E-state index in [4.69, 9.17) is 16.6 Å². The summed E-state index contributed by atoms with van der Waals surface area (Å²) in [7, 11) is 2.22. The van der Waals surface area contributed by atoms with Crippen molar-refractivity contribution >= 4 is 41.5 Å². The Balaban J connectivity index is 0.00000280. The van der Waals surface area contributed by atoms with Crippen LogP contribution in [0.2, 0.25) is 5.02 Å². The Morgan fingerprint density at radius 3 is 2.50 bits per heavy atom. The number of piperazine rings is 1. The topological polar surface area (TPSA) is 34.1 Å². The molecular formula is C21H35ClIN5. The van der Waals surface area contributed by atoms with Gasteiger partial charge in [0.15, 0.2) is 5.96 Å². The molecule has 1 aromatic rings. The number of guanidine groups is 1. The van der Waals surface area contributed by atoms with Crippen molar-refractivity contribution in [1.82, 2.24) is 20.0 Å². The molecule has 0 radical (unpaired) electrons. The lowest BCUT2D eigenvalue weighted by molar-refractivity contribution is 0.171. The van der Waals surface area contributed by atoms with Crippen LogP contribution in [0, 0.1) is 5.92 Å². The highest BCUT2D eigenvalue weighted by atomic mass is 127. The van der Waals surface area contributed by atoms with Crippen molar-refractivity contribution in [3.63, 3.8) is 0 Å². The normalized spacial score (nSPS) is 22.0. The number of likely N-dealkylation sites (tertiary alicyclic amines) is 1. The van der Waals surface area contributed by atoms with Crippen molar-refractivity contribution in [1.29, 1.82) is 0 Å². The fraction of sp³-hybridized carbons (Fsp3) is 0.667. The van der Waals surface area contributed by atoms with Gasteiger partial charge in [-0.25, -0.2) is 0 Å². The molecule has 0 amide bonds. The zero-order valence-corrected chi connectivity index (χ0v) is 20.3. The third-order valence-corrected chi connectivity index (χ3v) is 5.80. The average molecular weight is 520 g/mol. The Morgan fingerprint density at radius 1 is 1.14 bits per heavy atom. The van der Waals surface area contributed by atoms with E-state index in [1.54, 1.807) is 0 Å². The molecular weight excluding hydrogens is 485 g/mol. The smallest absolute Gasteiger partial charge is 0.194 e. The molecule has 5 nitrogen and oxygen atoms in total. The van der Waals surface area contributed by atoms with Crippen molar-refractivity contribution in [2.75, 3.05) is 59.4 Å². The van der Waals surface area contributed by atoms with Gasteiger partial charge in [0.05, 0.1) is 0 Å². The number of aliphatic imine (C=N–C) groups is 1. The summed E-state index contributed by atoms with van der Waals surface area (Å²) >= 11 is 5.99. The third kappa shape index (κ3) is 7.35. The molecule has 0 aliphatic carbocycles. The molecule has 1 N–H and O–H groups in total. The SMILES string of the molecule is CCNC(=NCC1CCCN(C)C1)N1CCN(Cc2ccc(Cl)cc2)CC1.I. The van der Waals surface area contributed by atoms with E-state index < -0.39 is 0 Å². The summed E-state index contributed by atoms with van der Waals surface area (Å²) in [4.78, 5) is 12.4. The summed E-state index contributed by atoms with van der Waals surface area (Å²) in [6.45, 7) is 11.6. The van der Waals surface area contributed by atoms with Crippen LogP contribution < -0.4 is 5.32 Å². The summed E-state index contributed by atoms with van der Waals surface area (Å²) in [5, 5.41) is 4.31. The van der Waals surface area contributed by atoms with Gasteiger partial charge in [0.2, 0.25) is 0 Å². The van der Waals surface area contributed by atoms with Crippen LogP contribution in [0.15, 0.2) is 29.3 Å².